The highest BCUT2D eigenvalue weighted by atomic mass is 19.1. The average molecular weight is 242 g/mol. The SMILES string of the molecule is Cc1cc(C)c(-c2cc(C)ccc2C=O)c(F)c1. The summed E-state index contributed by atoms with van der Waals surface area (Å²) in [6.07, 6.45) is 0.771. The normalized spacial score (nSPS) is 10.4. The van der Waals surface area contributed by atoms with Gasteiger partial charge in [-0.3, -0.25) is 4.79 Å². The zero-order valence-corrected chi connectivity index (χ0v) is 10.8. The second-order valence-electron chi connectivity index (χ2n) is 4.65. The predicted octanol–water partition coefficient (Wildman–Crippen LogP) is 4.23. The van der Waals surface area contributed by atoms with Gasteiger partial charge in [-0.05, 0) is 43.5 Å². The Kier molecular flexibility index (Phi) is 3.28. The minimum Gasteiger partial charge on any atom is -0.298 e. The first-order valence-electron chi connectivity index (χ1n) is 5.86. The maximum absolute atomic E-state index is 14.1. The lowest BCUT2D eigenvalue weighted by Crippen LogP contribution is -1.95. The summed E-state index contributed by atoms with van der Waals surface area (Å²) < 4.78 is 14.1. The van der Waals surface area contributed by atoms with Crippen molar-refractivity contribution >= 4 is 6.29 Å². The minimum absolute atomic E-state index is 0.277. The van der Waals surface area contributed by atoms with Crippen LogP contribution in [-0.4, -0.2) is 6.29 Å². The summed E-state index contributed by atoms with van der Waals surface area (Å²) in [5.74, 6) is -0.277. The van der Waals surface area contributed by atoms with Gasteiger partial charge in [0, 0.05) is 11.1 Å². The lowest BCUT2D eigenvalue weighted by molar-refractivity contribution is 0.112. The molecule has 2 rings (SSSR count). The van der Waals surface area contributed by atoms with E-state index in [0.717, 1.165) is 23.0 Å². The molecule has 0 aliphatic heterocycles. The van der Waals surface area contributed by atoms with E-state index in [2.05, 4.69) is 0 Å². The van der Waals surface area contributed by atoms with Gasteiger partial charge >= 0.3 is 0 Å². The molecule has 0 spiro atoms. The fourth-order valence-electron chi connectivity index (χ4n) is 2.25. The van der Waals surface area contributed by atoms with Crippen molar-refractivity contribution in [1.82, 2.24) is 0 Å². The van der Waals surface area contributed by atoms with Crippen molar-refractivity contribution in [2.45, 2.75) is 20.8 Å². The van der Waals surface area contributed by atoms with E-state index in [1.807, 2.05) is 39.0 Å². The molecule has 0 aromatic heterocycles. The van der Waals surface area contributed by atoms with Gasteiger partial charge in [0.25, 0.3) is 0 Å². The molecule has 0 fully saturated rings. The Bertz CT molecular complexity index is 591. The van der Waals surface area contributed by atoms with E-state index >= 15 is 0 Å². The third-order valence-corrected chi connectivity index (χ3v) is 3.04. The van der Waals surface area contributed by atoms with Crippen molar-refractivity contribution in [1.29, 1.82) is 0 Å². The molecule has 0 radical (unpaired) electrons. The molecule has 0 heterocycles. The molecule has 18 heavy (non-hydrogen) atoms. The molecule has 0 saturated carbocycles. The monoisotopic (exact) mass is 242 g/mol. The van der Waals surface area contributed by atoms with Crippen molar-refractivity contribution in [3.63, 3.8) is 0 Å². The second-order valence-corrected chi connectivity index (χ2v) is 4.65. The van der Waals surface area contributed by atoms with E-state index in [1.165, 1.54) is 6.07 Å². The van der Waals surface area contributed by atoms with Crippen LogP contribution in [0, 0.1) is 26.6 Å². The van der Waals surface area contributed by atoms with Crippen LogP contribution in [0.15, 0.2) is 30.3 Å². The molecule has 0 unspecified atom stereocenters. The summed E-state index contributed by atoms with van der Waals surface area (Å²) in [4.78, 5) is 11.1. The molecule has 0 atom stereocenters. The van der Waals surface area contributed by atoms with Crippen LogP contribution in [0.2, 0.25) is 0 Å². The third-order valence-electron chi connectivity index (χ3n) is 3.04. The fraction of sp³-hybridized carbons (Fsp3) is 0.188. The lowest BCUT2D eigenvalue weighted by atomic mass is 9.93. The lowest BCUT2D eigenvalue weighted by Gasteiger charge is -2.12. The van der Waals surface area contributed by atoms with Crippen LogP contribution in [-0.2, 0) is 0 Å². The number of hydrogen-bond acceptors (Lipinski definition) is 1. The smallest absolute Gasteiger partial charge is 0.150 e. The van der Waals surface area contributed by atoms with E-state index in [9.17, 15) is 9.18 Å². The van der Waals surface area contributed by atoms with Crippen LogP contribution >= 0.6 is 0 Å². The Morgan fingerprint density at radius 2 is 1.72 bits per heavy atom. The van der Waals surface area contributed by atoms with E-state index in [1.54, 1.807) is 6.07 Å². The molecule has 2 aromatic rings. The van der Waals surface area contributed by atoms with Crippen LogP contribution in [0.1, 0.15) is 27.0 Å². The summed E-state index contributed by atoms with van der Waals surface area (Å²) in [7, 11) is 0. The summed E-state index contributed by atoms with van der Waals surface area (Å²) in [6.45, 7) is 5.65. The van der Waals surface area contributed by atoms with Gasteiger partial charge in [-0.15, -0.1) is 0 Å². The Hall–Kier alpha value is -1.96. The molecule has 2 aromatic carbocycles. The van der Waals surface area contributed by atoms with Crippen molar-refractivity contribution in [3.8, 4) is 11.1 Å². The zero-order chi connectivity index (χ0) is 13.3. The Morgan fingerprint density at radius 1 is 1.00 bits per heavy atom. The summed E-state index contributed by atoms with van der Waals surface area (Å²) in [6, 6.07) is 8.87. The molecule has 0 aliphatic carbocycles. The molecule has 0 bridgehead atoms. The molecule has 0 aliphatic rings. The van der Waals surface area contributed by atoms with Crippen LogP contribution < -0.4 is 0 Å². The number of carbonyl (C=O) groups excluding carboxylic acids is 1. The molecule has 0 saturated heterocycles. The summed E-state index contributed by atoms with van der Waals surface area (Å²) in [5.41, 5.74) is 4.45. The summed E-state index contributed by atoms with van der Waals surface area (Å²) >= 11 is 0. The first kappa shape index (κ1) is 12.5. The van der Waals surface area contributed by atoms with E-state index in [0.29, 0.717) is 16.7 Å². The van der Waals surface area contributed by atoms with Crippen molar-refractivity contribution < 1.29 is 9.18 Å². The van der Waals surface area contributed by atoms with Gasteiger partial charge in [0.2, 0.25) is 0 Å². The Balaban J connectivity index is 2.76. The molecule has 0 N–H and O–H groups in total. The van der Waals surface area contributed by atoms with E-state index in [-0.39, 0.29) is 5.82 Å². The number of hydrogen-bond donors (Lipinski definition) is 0. The molecule has 92 valence electrons. The standard InChI is InChI=1S/C16H15FO/c1-10-4-5-13(9-18)14(7-10)16-12(3)6-11(2)8-15(16)17/h4-9H,1-3H3. The van der Waals surface area contributed by atoms with Crippen LogP contribution in [0.4, 0.5) is 4.39 Å². The topological polar surface area (TPSA) is 17.1 Å². The first-order chi connectivity index (χ1) is 8.52. The highest BCUT2D eigenvalue weighted by Crippen LogP contribution is 2.30. The van der Waals surface area contributed by atoms with E-state index < -0.39 is 0 Å². The van der Waals surface area contributed by atoms with Gasteiger partial charge in [-0.2, -0.15) is 0 Å². The molecule has 2 heteroatoms. The quantitative estimate of drug-likeness (QED) is 0.720. The largest absolute Gasteiger partial charge is 0.298 e. The number of halogens is 1. The van der Waals surface area contributed by atoms with Crippen LogP contribution in [0.3, 0.4) is 0 Å². The number of carbonyl (C=O) groups is 1. The maximum atomic E-state index is 14.1. The number of aryl methyl sites for hydroxylation is 3. The van der Waals surface area contributed by atoms with E-state index in [4.69, 9.17) is 0 Å². The molecule has 0 amide bonds. The third kappa shape index (κ3) is 2.19. The average Bonchev–Trinajstić information content (AvgIpc) is 2.28. The Labute approximate surface area is 106 Å². The summed E-state index contributed by atoms with van der Waals surface area (Å²) in [5, 5.41) is 0. The van der Waals surface area contributed by atoms with Crippen LogP contribution in [0.5, 0.6) is 0 Å². The van der Waals surface area contributed by atoms with Crippen molar-refractivity contribution in [2.75, 3.05) is 0 Å². The zero-order valence-electron chi connectivity index (χ0n) is 10.8. The van der Waals surface area contributed by atoms with Gasteiger partial charge in [-0.25, -0.2) is 4.39 Å². The van der Waals surface area contributed by atoms with Gasteiger partial charge in [-0.1, -0.05) is 29.8 Å². The molecular formula is C16H15FO. The van der Waals surface area contributed by atoms with Crippen molar-refractivity contribution in [3.05, 3.63) is 58.4 Å². The number of aldehydes is 1. The van der Waals surface area contributed by atoms with Crippen molar-refractivity contribution in [2.24, 2.45) is 0 Å². The molecular weight excluding hydrogens is 227 g/mol. The number of benzene rings is 2. The fourth-order valence-corrected chi connectivity index (χ4v) is 2.25. The van der Waals surface area contributed by atoms with Crippen LogP contribution in [0.25, 0.3) is 11.1 Å². The van der Waals surface area contributed by atoms with Gasteiger partial charge in [0.05, 0.1) is 0 Å². The van der Waals surface area contributed by atoms with Gasteiger partial charge in [0.15, 0.2) is 6.29 Å². The minimum atomic E-state index is -0.277. The highest BCUT2D eigenvalue weighted by molar-refractivity contribution is 5.89. The second kappa shape index (κ2) is 4.73. The number of rotatable bonds is 2. The first-order valence-corrected chi connectivity index (χ1v) is 5.86. The van der Waals surface area contributed by atoms with Gasteiger partial charge < -0.3 is 0 Å². The van der Waals surface area contributed by atoms with Gasteiger partial charge in [0.1, 0.15) is 5.82 Å². The Morgan fingerprint density at radius 3 is 2.33 bits per heavy atom. The predicted molar refractivity (Wildman–Crippen MR) is 71.4 cm³/mol. The maximum Gasteiger partial charge on any atom is 0.150 e. The molecule has 1 nitrogen and oxygen atoms in total. The highest BCUT2D eigenvalue weighted by Gasteiger charge is 2.13.